The van der Waals surface area contributed by atoms with Gasteiger partial charge in [-0.2, -0.15) is 0 Å². The van der Waals surface area contributed by atoms with E-state index in [1.165, 1.54) is 38.5 Å². The average molecular weight is 212 g/mol. The molecule has 88 valence electrons. The van der Waals surface area contributed by atoms with Crippen LogP contribution in [0.1, 0.15) is 38.5 Å². The summed E-state index contributed by atoms with van der Waals surface area (Å²) in [5, 5.41) is 3.76. The zero-order chi connectivity index (χ0) is 10.7. The largest absolute Gasteiger partial charge is 0.383 e. The molecule has 1 unspecified atom stereocenters. The zero-order valence-electron chi connectivity index (χ0n) is 9.74. The van der Waals surface area contributed by atoms with Crippen LogP contribution in [0.5, 0.6) is 0 Å². The molecule has 0 aromatic carbocycles. The van der Waals surface area contributed by atoms with Crippen molar-refractivity contribution < 1.29 is 4.74 Å². The number of nitrogens with two attached hydrogens (primary N) is 1. The van der Waals surface area contributed by atoms with Gasteiger partial charge in [-0.1, -0.05) is 0 Å². The Morgan fingerprint density at radius 2 is 1.87 bits per heavy atom. The monoisotopic (exact) mass is 212 g/mol. The summed E-state index contributed by atoms with van der Waals surface area (Å²) in [6.45, 7) is 0.868. The lowest BCUT2D eigenvalue weighted by Gasteiger charge is -2.30. The van der Waals surface area contributed by atoms with Crippen LogP contribution in [0.2, 0.25) is 0 Å². The van der Waals surface area contributed by atoms with Gasteiger partial charge in [-0.05, 0) is 44.4 Å². The van der Waals surface area contributed by atoms with E-state index >= 15 is 0 Å². The van der Waals surface area contributed by atoms with E-state index < -0.39 is 0 Å². The van der Waals surface area contributed by atoms with Gasteiger partial charge in [0.05, 0.1) is 6.61 Å². The topological polar surface area (TPSA) is 47.3 Å². The smallest absolute Gasteiger partial charge is 0.0618 e. The Hall–Kier alpha value is -0.120. The van der Waals surface area contributed by atoms with Crippen molar-refractivity contribution in [2.45, 2.75) is 56.7 Å². The number of ether oxygens (including phenoxy) is 1. The highest BCUT2D eigenvalue weighted by Crippen LogP contribution is 2.33. The molecule has 2 aliphatic rings. The van der Waals surface area contributed by atoms with E-state index in [2.05, 4.69) is 5.32 Å². The summed E-state index contributed by atoms with van der Waals surface area (Å²) >= 11 is 0. The van der Waals surface area contributed by atoms with Gasteiger partial charge in [0.1, 0.15) is 0 Å². The second-order valence-electron chi connectivity index (χ2n) is 5.18. The molecule has 0 heterocycles. The third kappa shape index (κ3) is 3.44. The molecule has 3 N–H and O–H groups in total. The van der Waals surface area contributed by atoms with Crippen LogP contribution < -0.4 is 11.1 Å². The molecule has 1 atom stereocenters. The number of rotatable bonds is 5. The van der Waals surface area contributed by atoms with E-state index in [1.54, 1.807) is 7.11 Å². The highest BCUT2D eigenvalue weighted by Gasteiger charge is 2.33. The summed E-state index contributed by atoms with van der Waals surface area (Å²) in [5.74, 6) is 0.876. The maximum atomic E-state index is 5.91. The van der Waals surface area contributed by atoms with Crippen LogP contribution in [0.25, 0.3) is 0 Å². The van der Waals surface area contributed by atoms with Crippen LogP contribution in [-0.4, -0.2) is 31.8 Å². The molecule has 2 aliphatic carbocycles. The molecular weight excluding hydrogens is 188 g/mol. The average Bonchev–Trinajstić information content (AvgIpc) is 3.04. The van der Waals surface area contributed by atoms with Crippen molar-refractivity contribution in [1.29, 1.82) is 0 Å². The van der Waals surface area contributed by atoms with Gasteiger partial charge in [-0.3, -0.25) is 0 Å². The van der Waals surface area contributed by atoms with Crippen LogP contribution in [0.15, 0.2) is 0 Å². The summed E-state index contributed by atoms with van der Waals surface area (Å²) in [6, 6.07) is 1.73. The molecule has 2 fully saturated rings. The van der Waals surface area contributed by atoms with Crippen molar-refractivity contribution in [3.05, 3.63) is 0 Å². The van der Waals surface area contributed by atoms with E-state index in [4.69, 9.17) is 10.5 Å². The van der Waals surface area contributed by atoms with Crippen LogP contribution >= 0.6 is 0 Å². The number of hydrogen-bond donors (Lipinski definition) is 2. The minimum atomic E-state index is 0.449. The number of nitrogens with one attached hydrogen (secondary N) is 1. The van der Waals surface area contributed by atoms with Gasteiger partial charge < -0.3 is 15.8 Å². The maximum absolute atomic E-state index is 5.91. The van der Waals surface area contributed by atoms with Gasteiger partial charge in [0.25, 0.3) is 0 Å². The highest BCUT2D eigenvalue weighted by molar-refractivity contribution is 4.90. The highest BCUT2D eigenvalue weighted by atomic mass is 16.5. The first-order valence-corrected chi connectivity index (χ1v) is 6.30. The van der Waals surface area contributed by atoms with Gasteiger partial charge in [-0.15, -0.1) is 0 Å². The van der Waals surface area contributed by atoms with Gasteiger partial charge >= 0.3 is 0 Å². The van der Waals surface area contributed by atoms with Crippen molar-refractivity contribution in [2.75, 3.05) is 13.7 Å². The Bertz CT molecular complexity index is 186. The Balaban J connectivity index is 1.73. The summed E-state index contributed by atoms with van der Waals surface area (Å²) in [7, 11) is 1.80. The summed E-state index contributed by atoms with van der Waals surface area (Å²) in [5.41, 5.74) is 5.91. The van der Waals surface area contributed by atoms with Crippen molar-refractivity contribution in [1.82, 2.24) is 5.32 Å². The van der Waals surface area contributed by atoms with Crippen LogP contribution in [0.4, 0.5) is 0 Å². The Morgan fingerprint density at radius 3 is 2.40 bits per heavy atom. The molecule has 0 aromatic rings. The Morgan fingerprint density at radius 1 is 1.20 bits per heavy atom. The third-order valence-electron chi connectivity index (χ3n) is 3.76. The Labute approximate surface area is 92.7 Å². The van der Waals surface area contributed by atoms with Crippen LogP contribution in [0.3, 0.4) is 0 Å². The summed E-state index contributed by atoms with van der Waals surface area (Å²) in [4.78, 5) is 0. The lowest BCUT2D eigenvalue weighted by molar-refractivity contribution is 0.145. The summed E-state index contributed by atoms with van der Waals surface area (Å²) in [6.07, 6.45) is 7.62. The van der Waals surface area contributed by atoms with Crippen molar-refractivity contribution in [3.8, 4) is 0 Å². The van der Waals surface area contributed by atoms with E-state index in [9.17, 15) is 0 Å². The normalized spacial score (nSPS) is 34.0. The van der Waals surface area contributed by atoms with E-state index in [1.807, 2.05) is 0 Å². The van der Waals surface area contributed by atoms with E-state index in [0.717, 1.165) is 12.5 Å². The van der Waals surface area contributed by atoms with Gasteiger partial charge in [0, 0.05) is 25.2 Å². The van der Waals surface area contributed by atoms with Crippen LogP contribution in [0, 0.1) is 5.92 Å². The number of methoxy groups -OCH3 is 1. The molecule has 2 rings (SSSR count). The minimum absolute atomic E-state index is 0.449. The number of hydrogen-bond acceptors (Lipinski definition) is 3. The third-order valence-corrected chi connectivity index (χ3v) is 3.76. The van der Waals surface area contributed by atoms with E-state index in [-0.39, 0.29) is 0 Å². The quantitative estimate of drug-likeness (QED) is 0.721. The predicted octanol–water partition coefficient (Wildman–Crippen LogP) is 1.27. The molecule has 2 saturated carbocycles. The summed E-state index contributed by atoms with van der Waals surface area (Å²) < 4.78 is 5.28. The lowest BCUT2D eigenvalue weighted by Crippen LogP contribution is -2.45. The maximum Gasteiger partial charge on any atom is 0.0618 e. The SMILES string of the molecule is COCC(NC1CCC(N)CC1)C1CC1. The van der Waals surface area contributed by atoms with Crippen molar-refractivity contribution in [2.24, 2.45) is 11.7 Å². The minimum Gasteiger partial charge on any atom is -0.383 e. The molecule has 0 aromatic heterocycles. The van der Waals surface area contributed by atoms with Crippen molar-refractivity contribution >= 4 is 0 Å². The zero-order valence-corrected chi connectivity index (χ0v) is 9.74. The molecular formula is C12H24N2O. The first-order valence-electron chi connectivity index (χ1n) is 6.30. The fourth-order valence-electron chi connectivity index (χ4n) is 2.59. The second kappa shape index (κ2) is 5.28. The van der Waals surface area contributed by atoms with Gasteiger partial charge in [0.15, 0.2) is 0 Å². The fourth-order valence-corrected chi connectivity index (χ4v) is 2.59. The molecule has 0 amide bonds. The standard InChI is InChI=1S/C12H24N2O/c1-15-8-12(9-2-3-9)14-11-6-4-10(13)5-7-11/h9-12,14H,2-8,13H2,1H3. The molecule has 0 bridgehead atoms. The van der Waals surface area contributed by atoms with Gasteiger partial charge in [0.2, 0.25) is 0 Å². The predicted molar refractivity (Wildman–Crippen MR) is 61.8 cm³/mol. The molecule has 0 radical (unpaired) electrons. The first-order chi connectivity index (χ1) is 7.29. The second-order valence-corrected chi connectivity index (χ2v) is 5.18. The first kappa shape index (κ1) is 11.4. The molecule has 0 saturated heterocycles. The molecule has 0 spiro atoms. The van der Waals surface area contributed by atoms with Gasteiger partial charge in [-0.25, -0.2) is 0 Å². The Kier molecular flexibility index (Phi) is 4.00. The van der Waals surface area contributed by atoms with Crippen LogP contribution in [-0.2, 0) is 4.74 Å². The molecule has 0 aliphatic heterocycles. The molecule has 15 heavy (non-hydrogen) atoms. The molecule has 3 nitrogen and oxygen atoms in total. The van der Waals surface area contributed by atoms with E-state index in [0.29, 0.717) is 18.1 Å². The lowest BCUT2D eigenvalue weighted by atomic mass is 9.91. The van der Waals surface area contributed by atoms with Crippen molar-refractivity contribution in [3.63, 3.8) is 0 Å². The fraction of sp³-hybridized carbons (Fsp3) is 1.00. The molecule has 3 heteroatoms.